The Bertz CT molecular complexity index is 360. The lowest BCUT2D eigenvalue weighted by molar-refractivity contribution is -0.142. The summed E-state index contributed by atoms with van der Waals surface area (Å²) in [7, 11) is 1.31. The summed E-state index contributed by atoms with van der Waals surface area (Å²) in [6.07, 6.45) is -4.58. The summed E-state index contributed by atoms with van der Waals surface area (Å²) in [5, 5.41) is 3.14. The second kappa shape index (κ2) is 3.99. The average molecular weight is 243 g/mol. The molecule has 0 aliphatic carbocycles. The Morgan fingerprint density at radius 2 is 2.07 bits per heavy atom. The summed E-state index contributed by atoms with van der Waals surface area (Å²) in [6, 6.07) is -0.970. The summed E-state index contributed by atoms with van der Waals surface area (Å²) in [5.74, 6) is 0. The topological polar surface area (TPSA) is 69.9 Å². The van der Waals surface area contributed by atoms with Crippen molar-refractivity contribution in [3.8, 4) is 0 Å². The molecular weight excluding hydrogens is 233 g/mol. The van der Waals surface area contributed by atoms with Crippen LogP contribution in [0.15, 0.2) is 0 Å². The van der Waals surface area contributed by atoms with Crippen LogP contribution in [0.4, 0.5) is 13.2 Å². The van der Waals surface area contributed by atoms with E-state index in [1.54, 1.807) is 0 Å². The van der Waals surface area contributed by atoms with E-state index in [1.807, 2.05) is 0 Å². The number of alkyl halides is 3. The summed E-state index contributed by atoms with van der Waals surface area (Å²) in [6.45, 7) is -0.130. The lowest BCUT2D eigenvalue weighted by Gasteiger charge is -2.11. The fraction of sp³-hybridized carbons (Fsp3) is 0.571. The molecule has 1 unspecified atom stereocenters. The maximum Gasteiger partial charge on any atom is 0.435 e. The molecule has 0 amide bonds. The fourth-order valence-electron chi connectivity index (χ4n) is 1.18. The Balaban J connectivity index is 3.34. The fourth-order valence-corrected chi connectivity index (χ4v) is 1.44. The van der Waals surface area contributed by atoms with Crippen LogP contribution in [0.1, 0.15) is 17.3 Å². The third kappa shape index (κ3) is 2.24. The first kappa shape index (κ1) is 12.3. The van der Waals surface area contributed by atoms with Crippen molar-refractivity contribution < 1.29 is 13.2 Å². The third-order valence-electron chi connectivity index (χ3n) is 1.90. The Morgan fingerprint density at radius 3 is 2.47 bits per heavy atom. The van der Waals surface area contributed by atoms with Gasteiger partial charge in [0.1, 0.15) is 5.15 Å². The molecule has 0 aliphatic heterocycles. The van der Waals surface area contributed by atoms with E-state index in [1.165, 1.54) is 7.05 Å². The summed E-state index contributed by atoms with van der Waals surface area (Å²) in [5.41, 5.74) is 9.32. The molecule has 0 saturated heterocycles. The number of halogens is 4. The zero-order chi connectivity index (χ0) is 11.8. The van der Waals surface area contributed by atoms with Crippen LogP contribution in [0.3, 0.4) is 0 Å². The van der Waals surface area contributed by atoms with Crippen molar-refractivity contribution in [1.82, 2.24) is 9.78 Å². The molecule has 1 rings (SSSR count). The molecule has 15 heavy (non-hydrogen) atoms. The van der Waals surface area contributed by atoms with E-state index >= 15 is 0 Å². The summed E-state index contributed by atoms with van der Waals surface area (Å²) in [4.78, 5) is 0. The quantitative estimate of drug-likeness (QED) is 0.815. The number of aromatic nitrogens is 2. The van der Waals surface area contributed by atoms with Crippen molar-refractivity contribution in [2.24, 2.45) is 18.5 Å². The van der Waals surface area contributed by atoms with Gasteiger partial charge in [0.25, 0.3) is 0 Å². The zero-order valence-electron chi connectivity index (χ0n) is 7.85. The molecule has 1 aromatic heterocycles. The highest BCUT2D eigenvalue weighted by Gasteiger charge is 2.39. The first-order valence-corrected chi connectivity index (χ1v) is 4.42. The van der Waals surface area contributed by atoms with Crippen LogP contribution in [0.25, 0.3) is 0 Å². The van der Waals surface area contributed by atoms with E-state index in [0.29, 0.717) is 0 Å². The minimum absolute atomic E-state index is 0.130. The number of hydrogen-bond acceptors (Lipinski definition) is 3. The predicted molar refractivity (Wildman–Crippen MR) is 49.2 cm³/mol. The molecule has 4 nitrogen and oxygen atoms in total. The Hall–Kier alpha value is -0.790. The molecule has 1 heterocycles. The van der Waals surface area contributed by atoms with E-state index in [9.17, 15) is 13.2 Å². The first-order valence-electron chi connectivity index (χ1n) is 4.04. The number of aryl methyl sites for hydroxylation is 1. The number of nitrogens with zero attached hydrogens (tertiary/aromatic N) is 2. The molecule has 0 aromatic carbocycles. The molecule has 8 heteroatoms. The molecule has 86 valence electrons. The van der Waals surface area contributed by atoms with Gasteiger partial charge >= 0.3 is 6.18 Å². The van der Waals surface area contributed by atoms with Gasteiger partial charge in [-0.2, -0.15) is 18.3 Å². The molecule has 1 atom stereocenters. The molecule has 0 saturated carbocycles. The standard InChI is InChI=1S/C7H10ClF3N4/c1-15-6(8)4(3(13)2-12)5(14-15)7(9,10)11/h3H,2,12-13H2,1H3. The van der Waals surface area contributed by atoms with Gasteiger partial charge in [-0.25, -0.2) is 0 Å². The normalized spacial score (nSPS) is 14.3. The SMILES string of the molecule is Cn1nc(C(F)(F)F)c(C(N)CN)c1Cl. The molecule has 0 aliphatic rings. The lowest BCUT2D eigenvalue weighted by atomic mass is 10.1. The second-order valence-corrected chi connectivity index (χ2v) is 3.37. The van der Waals surface area contributed by atoms with Crippen LogP contribution in [0, 0.1) is 0 Å². The van der Waals surface area contributed by atoms with Crippen LogP contribution in [0.2, 0.25) is 5.15 Å². The predicted octanol–water partition coefficient (Wildman–Crippen LogP) is 1.05. The second-order valence-electron chi connectivity index (χ2n) is 3.02. The van der Waals surface area contributed by atoms with Crippen molar-refractivity contribution in [2.45, 2.75) is 12.2 Å². The Kier molecular flexibility index (Phi) is 3.27. The van der Waals surface area contributed by atoms with Crippen LogP contribution < -0.4 is 11.5 Å². The molecule has 1 aromatic rings. The minimum atomic E-state index is -4.58. The van der Waals surface area contributed by atoms with Crippen molar-refractivity contribution in [3.05, 3.63) is 16.4 Å². The average Bonchev–Trinajstić information content (AvgIpc) is 2.42. The smallest absolute Gasteiger partial charge is 0.329 e. The molecule has 0 spiro atoms. The number of rotatable bonds is 2. The van der Waals surface area contributed by atoms with Gasteiger partial charge in [0.2, 0.25) is 0 Å². The maximum absolute atomic E-state index is 12.5. The highest BCUT2D eigenvalue weighted by molar-refractivity contribution is 6.30. The van der Waals surface area contributed by atoms with E-state index in [2.05, 4.69) is 5.10 Å². The van der Waals surface area contributed by atoms with Crippen LogP contribution in [-0.2, 0) is 13.2 Å². The Labute approximate surface area is 89.0 Å². The van der Waals surface area contributed by atoms with Gasteiger partial charge in [0.05, 0.1) is 0 Å². The molecule has 4 N–H and O–H groups in total. The van der Waals surface area contributed by atoms with Crippen molar-refractivity contribution in [3.63, 3.8) is 0 Å². The van der Waals surface area contributed by atoms with Crippen LogP contribution in [-0.4, -0.2) is 16.3 Å². The lowest BCUT2D eigenvalue weighted by Crippen LogP contribution is -2.23. The van der Waals surface area contributed by atoms with E-state index in [-0.39, 0.29) is 17.3 Å². The molecule has 0 radical (unpaired) electrons. The van der Waals surface area contributed by atoms with E-state index < -0.39 is 17.9 Å². The number of nitrogens with two attached hydrogens (primary N) is 2. The first-order chi connectivity index (χ1) is 6.79. The molecular formula is C7H10ClF3N4. The minimum Gasteiger partial charge on any atom is -0.329 e. The maximum atomic E-state index is 12.5. The zero-order valence-corrected chi connectivity index (χ0v) is 8.60. The summed E-state index contributed by atoms with van der Waals surface area (Å²) < 4.78 is 38.4. The summed E-state index contributed by atoms with van der Waals surface area (Å²) >= 11 is 5.66. The van der Waals surface area contributed by atoms with Crippen molar-refractivity contribution in [2.75, 3.05) is 6.54 Å². The van der Waals surface area contributed by atoms with Gasteiger partial charge < -0.3 is 11.5 Å². The van der Waals surface area contributed by atoms with E-state index in [4.69, 9.17) is 23.1 Å². The van der Waals surface area contributed by atoms with Crippen LogP contribution >= 0.6 is 11.6 Å². The van der Waals surface area contributed by atoms with E-state index in [0.717, 1.165) is 4.68 Å². The monoisotopic (exact) mass is 242 g/mol. The molecule has 0 bridgehead atoms. The van der Waals surface area contributed by atoms with Gasteiger partial charge in [0.15, 0.2) is 5.69 Å². The van der Waals surface area contributed by atoms with Crippen molar-refractivity contribution in [1.29, 1.82) is 0 Å². The highest BCUT2D eigenvalue weighted by Crippen LogP contribution is 2.36. The van der Waals surface area contributed by atoms with Crippen molar-refractivity contribution >= 4 is 11.6 Å². The van der Waals surface area contributed by atoms with Gasteiger partial charge in [0, 0.05) is 25.2 Å². The Morgan fingerprint density at radius 1 is 1.53 bits per heavy atom. The van der Waals surface area contributed by atoms with Crippen LogP contribution in [0.5, 0.6) is 0 Å². The van der Waals surface area contributed by atoms with Gasteiger partial charge in [-0.15, -0.1) is 0 Å². The third-order valence-corrected chi connectivity index (χ3v) is 2.35. The van der Waals surface area contributed by atoms with Gasteiger partial charge in [-0.05, 0) is 0 Å². The molecule has 0 fully saturated rings. The van der Waals surface area contributed by atoms with Gasteiger partial charge in [-0.1, -0.05) is 11.6 Å². The van der Waals surface area contributed by atoms with Gasteiger partial charge in [-0.3, -0.25) is 4.68 Å². The highest BCUT2D eigenvalue weighted by atomic mass is 35.5. The number of hydrogen-bond donors (Lipinski definition) is 2. The largest absolute Gasteiger partial charge is 0.435 e.